The van der Waals surface area contributed by atoms with Gasteiger partial charge in [-0.2, -0.15) is 0 Å². The lowest BCUT2D eigenvalue weighted by Crippen LogP contribution is -2.57. The van der Waals surface area contributed by atoms with Gasteiger partial charge in [-0.15, -0.1) is 0 Å². The van der Waals surface area contributed by atoms with Gasteiger partial charge in [-0.1, -0.05) is 27.7 Å². The summed E-state index contributed by atoms with van der Waals surface area (Å²) in [7, 11) is 0. The van der Waals surface area contributed by atoms with Crippen molar-refractivity contribution in [3.8, 4) is 0 Å². The summed E-state index contributed by atoms with van der Waals surface area (Å²) in [5.41, 5.74) is -1.65. The van der Waals surface area contributed by atoms with Gasteiger partial charge >= 0.3 is 35.8 Å². The van der Waals surface area contributed by atoms with E-state index < -0.39 is 71.4 Å². The molecule has 0 saturated carbocycles. The first-order valence-electron chi connectivity index (χ1n) is 13.3. The summed E-state index contributed by atoms with van der Waals surface area (Å²) >= 11 is 0. The Morgan fingerprint density at radius 2 is 1.00 bits per heavy atom. The van der Waals surface area contributed by atoms with Gasteiger partial charge in [0.1, 0.15) is 5.60 Å². The Morgan fingerprint density at radius 1 is 0.625 bits per heavy atom. The highest BCUT2D eigenvalue weighted by Gasteiger charge is 2.51. The average Bonchev–Trinajstić information content (AvgIpc) is 2.85. The maximum Gasteiger partial charge on any atom is 0.352 e. The third kappa shape index (κ3) is 13.7. The molecule has 4 unspecified atom stereocenters. The standard InChI is InChI=1S/C27H44O13/c1-10-16(28)36-20(22(24(32)33)38-18(30)12-3)21(37-17(29)11-2)23(39-19(31)13-4)25(34)40-27(8,9)14-15-35-26(5,6)7/h20-23H,10-15H2,1-9H3,(H,32,33). The van der Waals surface area contributed by atoms with Crippen LogP contribution < -0.4 is 0 Å². The van der Waals surface area contributed by atoms with Crippen molar-refractivity contribution in [1.82, 2.24) is 0 Å². The molecule has 1 N–H and O–H groups in total. The fourth-order valence-corrected chi connectivity index (χ4v) is 3.01. The molecule has 0 fully saturated rings. The Labute approximate surface area is 235 Å². The summed E-state index contributed by atoms with van der Waals surface area (Å²) in [5.74, 6) is -6.78. The average molecular weight is 577 g/mol. The van der Waals surface area contributed by atoms with Crippen LogP contribution in [0.1, 0.15) is 94.4 Å². The van der Waals surface area contributed by atoms with Gasteiger partial charge in [0.05, 0.1) is 12.2 Å². The maximum atomic E-state index is 13.5. The van der Waals surface area contributed by atoms with Crippen molar-refractivity contribution in [1.29, 1.82) is 0 Å². The molecule has 0 spiro atoms. The summed E-state index contributed by atoms with van der Waals surface area (Å²) in [6.07, 6.45) is -9.15. The third-order valence-electron chi connectivity index (χ3n) is 5.22. The Morgan fingerprint density at radius 3 is 1.38 bits per heavy atom. The molecule has 13 nitrogen and oxygen atoms in total. The van der Waals surface area contributed by atoms with Gasteiger partial charge in [-0.25, -0.2) is 9.59 Å². The van der Waals surface area contributed by atoms with Crippen molar-refractivity contribution >= 4 is 35.8 Å². The summed E-state index contributed by atoms with van der Waals surface area (Å²) in [5, 5.41) is 9.86. The normalized spacial score (nSPS) is 14.6. The predicted molar refractivity (Wildman–Crippen MR) is 139 cm³/mol. The quantitative estimate of drug-likeness (QED) is 0.197. The van der Waals surface area contributed by atoms with Crippen molar-refractivity contribution in [2.45, 2.75) is 130 Å². The van der Waals surface area contributed by atoms with Crippen molar-refractivity contribution in [3.63, 3.8) is 0 Å². The second-order valence-corrected chi connectivity index (χ2v) is 10.4. The minimum absolute atomic E-state index is 0.197. The highest BCUT2D eigenvalue weighted by atomic mass is 16.7. The molecule has 0 aliphatic heterocycles. The molecule has 0 heterocycles. The number of hydrogen-bond donors (Lipinski definition) is 1. The molecule has 0 aromatic carbocycles. The number of ether oxygens (including phenoxy) is 6. The molecule has 13 heteroatoms. The largest absolute Gasteiger partial charge is 0.478 e. The molecular formula is C27H44O13. The molecule has 0 saturated heterocycles. The van der Waals surface area contributed by atoms with E-state index in [1.807, 2.05) is 20.8 Å². The topological polar surface area (TPSA) is 178 Å². The van der Waals surface area contributed by atoms with E-state index >= 15 is 0 Å². The summed E-state index contributed by atoms with van der Waals surface area (Å²) in [6.45, 7) is 14.5. The van der Waals surface area contributed by atoms with Crippen LogP contribution in [0.5, 0.6) is 0 Å². The monoisotopic (exact) mass is 576 g/mol. The van der Waals surface area contributed by atoms with E-state index in [1.165, 1.54) is 27.7 Å². The molecule has 0 radical (unpaired) electrons. The molecule has 230 valence electrons. The maximum absolute atomic E-state index is 13.5. The summed E-state index contributed by atoms with van der Waals surface area (Å²) < 4.78 is 32.2. The molecular weight excluding hydrogens is 532 g/mol. The zero-order valence-electron chi connectivity index (χ0n) is 24.9. The number of aliphatic carboxylic acids is 1. The number of carboxylic acid groups (broad SMARTS) is 1. The number of esters is 5. The van der Waals surface area contributed by atoms with Gasteiger partial charge in [0.25, 0.3) is 0 Å². The Hall–Kier alpha value is -3.22. The van der Waals surface area contributed by atoms with Gasteiger partial charge in [-0.3, -0.25) is 19.2 Å². The SMILES string of the molecule is CCC(=O)OC(C(=O)O)C(OC(=O)CC)C(OC(=O)CC)C(OC(=O)CC)C(=O)OC(C)(C)CCOC(C)(C)C. The smallest absolute Gasteiger partial charge is 0.352 e. The lowest BCUT2D eigenvalue weighted by atomic mass is 10.0. The van der Waals surface area contributed by atoms with Crippen LogP contribution in [0.25, 0.3) is 0 Å². The van der Waals surface area contributed by atoms with Gasteiger partial charge in [-0.05, 0) is 34.6 Å². The van der Waals surface area contributed by atoms with Gasteiger partial charge < -0.3 is 33.5 Å². The third-order valence-corrected chi connectivity index (χ3v) is 5.22. The summed E-state index contributed by atoms with van der Waals surface area (Å²) in [6, 6.07) is 0. The zero-order chi connectivity index (χ0) is 31.3. The van der Waals surface area contributed by atoms with Crippen molar-refractivity contribution in [3.05, 3.63) is 0 Å². The second kappa shape index (κ2) is 16.8. The number of carbonyl (C=O) groups is 6. The molecule has 0 aromatic heterocycles. The van der Waals surface area contributed by atoms with E-state index in [2.05, 4.69) is 0 Å². The molecule has 0 aromatic rings. The Balaban J connectivity index is 6.72. The number of carbonyl (C=O) groups excluding carboxylic acids is 5. The second-order valence-electron chi connectivity index (χ2n) is 10.4. The van der Waals surface area contributed by atoms with E-state index in [4.69, 9.17) is 28.4 Å². The minimum atomic E-state index is -2.22. The van der Waals surface area contributed by atoms with Gasteiger partial charge in [0.2, 0.25) is 12.2 Å². The van der Waals surface area contributed by atoms with Crippen LogP contribution >= 0.6 is 0 Å². The first kappa shape index (κ1) is 36.8. The van der Waals surface area contributed by atoms with Crippen LogP contribution in [0.15, 0.2) is 0 Å². The number of hydrogen-bond acceptors (Lipinski definition) is 12. The molecule has 4 atom stereocenters. The highest BCUT2D eigenvalue weighted by Crippen LogP contribution is 2.25. The fraction of sp³-hybridized carbons (Fsp3) is 0.778. The summed E-state index contributed by atoms with van der Waals surface area (Å²) in [4.78, 5) is 74.8. The van der Waals surface area contributed by atoms with E-state index in [9.17, 15) is 33.9 Å². The van der Waals surface area contributed by atoms with Crippen LogP contribution in [-0.4, -0.2) is 83.1 Å². The van der Waals surface area contributed by atoms with Crippen LogP contribution in [0, 0.1) is 0 Å². The van der Waals surface area contributed by atoms with Gasteiger partial charge in [0, 0.05) is 32.1 Å². The van der Waals surface area contributed by atoms with E-state index in [1.54, 1.807) is 13.8 Å². The Kier molecular flexibility index (Phi) is 15.4. The molecule has 0 amide bonds. The van der Waals surface area contributed by atoms with E-state index in [0.29, 0.717) is 0 Å². The van der Waals surface area contributed by atoms with Gasteiger partial charge in [0.15, 0.2) is 12.2 Å². The molecule has 0 bridgehead atoms. The van der Waals surface area contributed by atoms with E-state index in [-0.39, 0.29) is 38.7 Å². The zero-order valence-corrected chi connectivity index (χ0v) is 24.9. The first-order chi connectivity index (χ1) is 18.4. The van der Waals surface area contributed by atoms with Crippen molar-refractivity contribution in [2.75, 3.05) is 6.61 Å². The molecule has 0 rings (SSSR count). The fourth-order valence-electron chi connectivity index (χ4n) is 3.01. The molecule has 0 aliphatic rings. The van der Waals surface area contributed by atoms with Crippen LogP contribution in [0.2, 0.25) is 0 Å². The Bertz CT molecular complexity index is 887. The highest BCUT2D eigenvalue weighted by molar-refractivity contribution is 5.83. The van der Waals surface area contributed by atoms with Crippen molar-refractivity contribution in [2.24, 2.45) is 0 Å². The molecule has 0 aliphatic carbocycles. The number of carboxylic acids is 1. The lowest BCUT2D eigenvalue weighted by Gasteiger charge is -2.35. The van der Waals surface area contributed by atoms with Crippen LogP contribution in [0.3, 0.4) is 0 Å². The van der Waals surface area contributed by atoms with E-state index in [0.717, 1.165) is 0 Å². The van der Waals surface area contributed by atoms with Crippen LogP contribution in [0.4, 0.5) is 0 Å². The van der Waals surface area contributed by atoms with Crippen molar-refractivity contribution < 1.29 is 62.3 Å². The lowest BCUT2D eigenvalue weighted by molar-refractivity contribution is -0.213. The van der Waals surface area contributed by atoms with Crippen LogP contribution in [-0.2, 0) is 57.2 Å². The predicted octanol–water partition coefficient (Wildman–Crippen LogP) is 2.89. The molecule has 40 heavy (non-hydrogen) atoms. The number of rotatable bonds is 17. The minimum Gasteiger partial charge on any atom is -0.478 e. The first-order valence-corrected chi connectivity index (χ1v) is 13.3.